The van der Waals surface area contributed by atoms with Crippen LogP contribution in [0.1, 0.15) is 21.6 Å². The molecule has 0 saturated carbocycles. The van der Waals surface area contributed by atoms with Crippen LogP contribution in [0.25, 0.3) is 5.69 Å². The van der Waals surface area contributed by atoms with Crippen molar-refractivity contribution in [3.63, 3.8) is 0 Å². The zero-order valence-corrected chi connectivity index (χ0v) is 14.7. The predicted molar refractivity (Wildman–Crippen MR) is 97.5 cm³/mol. The summed E-state index contributed by atoms with van der Waals surface area (Å²) >= 11 is 12.4. The molecular weight excluding hydrogens is 345 g/mol. The number of amides is 1. The maximum absolute atomic E-state index is 12.7. The summed E-state index contributed by atoms with van der Waals surface area (Å²) in [7, 11) is 0. The number of rotatable bonds is 3. The molecule has 6 heteroatoms. The van der Waals surface area contributed by atoms with Gasteiger partial charge in [-0.1, -0.05) is 47.5 Å². The molecular formula is C18H15Cl2N3O. The van der Waals surface area contributed by atoms with Crippen LogP contribution in [0.2, 0.25) is 10.2 Å². The number of para-hydroxylation sites is 1. The van der Waals surface area contributed by atoms with Crippen LogP contribution in [0, 0.1) is 13.8 Å². The summed E-state index contributed by atoms with van der Waals surface area (Å²) in [5.74, 6) is -0.315. The van der Waals surface area contributed by atoms with E-state index < -0.39 is 0 Å². The first-order chi connectivity index (χ1) is 11.5. The third-order valence-electron chi connectivity index (χ3n) is 3.68. The van der Waals surface area contributed by atoms with Crippen molar-refractivity contribution in [3.8, 4) is 5.69 Å². The van der Waals surface area contributed by atoms with E-state index in [1.165, 1.54) is 0 Å². The Kier molecular flexibility index (Phi) is 4.60. The van der Waals surface area contributed by atoms with Gasteiger partial charge in [-0.15, -0.1) is 0 Å². The van der Waals surface area contributed by atoms with E-state index in [0.717, 1.165) is 11.3 Å². The van der Waals surface area contributed by atoms with E-state index in [0.29, 0.717) is 22.0 Å². The molecule has 0 aliphatic carbocycles. The maximum atomic E-state index is 12.7. The molecule has 4 nitrogen and oxygen atoms in total. The Hall–Kier alpha value is -2.30. The number of aromatic nitrogens is 2. The molecule has 0 unspecified atom stereocenters. The molecule has 1 amide bonds. The summed E-state index contributed by atoms with van der Waals surface area (Å²) < 4.78 is 1.55. The fraction of sp³-hybridized carbons (Fsp3) is 0.111. The highest BCUT2D eigenvalue weighted by molar-refractivity contribution is 6.34. The molecule has 0 fully saturated rings. The normalized spacial score (nSPS) is 10.7. The summed E-state index contributed by atoms with van der Waals surface area (Å²) in [5.41, 5.74) is 3.26. The summed E-state index contributed by atoms with van der Waals surface area (Å²) in [6.07, 6.45) is 0. The van der Waals surface area contributed by atoms with E-state index in [2.05, 4.69) is 10.4 Å². The van der Waals surface area contributed by atoms with Crippen LogP contribution in [0.3, 0.4) is 0 Å². The quantitative estimate of drug-likeness (QED) is 0.711. The third kappa shape index (κ3) is 3.16. The topological polar surface area (TPSA) is 46.9 Å². The Bertz CT molecular complexity index is 904. The summed E-state index contributed by atoms with van der Waals surface area (Å²) in [6.45, 7) is 3.65. The zero-order chi connectivity index (χ0) is 17.3. The van der Waals surface area contributed by atoms with Crippen molar-refractivity contribution >= 4 is 34.8 Å². The van der Waals surface area contributed by atoms with Crippen molar-refractivity contribution < 1.29 is 4.79 Å². The predicted octanol–water partition coefficient (Wildman–Crippen LogP) is 5.05. The van der Waals surface area contributed by atoms with Gasteiger partial charge in [0.05, 0.1) is 11.4 Å². The molecule has 0 atom stereocenters. The molecule has 0 spiro atoms. The number of nitrogens with zero attached hydrogens (tertiary/aromatic N) is 2. The van der Waals surface area contributed by atoms with Gasteiger partial charge < -0.3 is 5.32 Å². The number of halogens is 2. The summed E-state index contributed by atoms with van der Waals surface area (Å²) in [6, 6.07) is 14.8. The van der Waals surface area contributed by atoms with Crippen LogP contribution >= 0.6 is 23.2 Å². The van der Waals surface area contributed by atoms with Gasteiger partial charge in [-0.05, 0) is 43.7 Å². The minimum Gasteiger partial charge on any atom is -0.322 e. The number of anilines is 1. The van der Waals surface area contributed by atoms with Crippen molar-refractivity contribution in [2.75, 3.05) is 5.32 Å². The standard InChI is InChI=1S/C18H15Cl2N3O/c1-11-8-9-13(19)10-15(11)21-18(24)16-12(2)22-23(17(16)20)14-6-4-3-5-7-14/h3-10H,1-2H3,(H,21,24). The lowest BCUT2D eigenvalue weighted by atomic mass is 10.2. The number of hydrogen-bond acceptors (Lipinski definition) is 2. The van der Waals surface area contributed by atoms with Gasteiger partial charge in [-0.2, -0.15) is 5.10 Å². The lowest BCUT2D eigenvalue weighted by Crippen LogP contribution is -2.14. The highest BCUT2D eigenvalue weighted by Gasteiger charge is 2.21. The molecule has 0 aliphatic heterocycles. The third-order valence-corrected chi connectivity index (χ3v) is 4.26. The van der Waals surface area contributed by atoms with Crippen molar-refractivity contribution in [2.24, 2.45) is 0 Å². The van der Waals surface area contributed by atoms with E-state index in [1.807, 2.05) is 43.3 Å². The second-order valence-corrected chi connectivity index (χ2v) is 6.21. The van der Waals surface area contributed by atoms with Gasteiger partial charge in [0, 0.05) is 10.7 Å². The van der Waals surface area contributed by atoms with Crippen LogP contribution < -0.4 is 5.32 Å². The Labute approximate surface area is 150 Å². The monoisotopic (exact) mass is 359 g/mol. The van der Waals surface area contributed by atoms with E-state index >= 15 is 0 Å². The van der Waals surface area contributed by atoms with Crippen LogP contribution in [0.5, 0.6) is 0 Å². The van der Waals surface area contributed by atoms with Crippen molar-refractivity contribution in [2.45, 2.75) is 13.8 Å². The minimum atomic E-state index is -0.315. The number of nitrogens with one attached hydrogen (secondary N) is 1. The van der Waals surface area contributed by atoms with Gasteiger partial charge in [0.2, 0.25) is 0 Å². The molecule has 1 heterocycles. The molecule has 1 N–H and O–H groups in total. The first kappa shape index (κ1) is 16.6. The van der Waals surface area contributed by atoms with Crippen LogP contribution in [0.15, 0.2) is 48.5 Å². The fourth-order valence-corrected chi connectivity index (χ4v) is 2.94. The molecule has 3 rings (SSSR count). The lowest BCUT2D eigenvalue weighted by molar-refractivity contribution is 0.102. The zero-order valence-electron chi connectivity index (χ0n) is 13.2. The first-order valence-electron chi connectivity index (χ1n) is 7.35. The Morgan fingerprint density at radius 2 is 1.79 bits per heavy atom. The van der Waals surface area contributed by atoms with E-state index in [4.69, 9.17) is 23.2 Å². The number of aryl methyl sites for hydroxylation is 2. The molecule has 3 aromatic rings. The van der Waals surface area contributed by atoms with Crippen LogP contribution in [-0.2, 0) is 0 Å². The highest BCUT2D eigenvalue weighted by atomic mass is 35.5. The highest BCUT2D eigenvalue weighted by Crippen LogP contribution is 2.26. The van der Waals surface area contributed by atoms with Crippen molar-refractivity contribution in [1.82, 2.24) is 9.78 Å². The van der Waals surface area contributed by atoms with E-state index in [9.17, 15) is 4.79 Å². The van der Waals surface area contributed by atoms with E-state index in [-0.39, 0.29) is 11.1 Å². The molecule has 24 heavy (non-hydrogen) atoms. The second-order valence-electron chi connectivity index (χ2n) is 5.41. The molecule has 0 saturated heterocycles. The molecule has 0 radical (unpaired) electrons. The Morgan fingerprint density at radius 1 is 1.08 bits per heavy atom. The van der Waals surface area contributed by atoms with Gasteiger partial charge >= 0.3 is 0 Å². The van der Waals surface area contributed by atoms with Gasteiger partial charge in [-0.3, -0.25) is 4.79 Å². The Balaban J connectivity index is 1.96. The van der Waals surface area contributed by atoms with Crippen molar-refractivity contribution in [1.29, 1.82) is 0 Å². The number of carbonyl (C=O) groups is 1. The molecule has 2 aromatic carbocycles. The maximum Gasteiger partial charge on any atom is 0.260 e. The molecule has 0 aliphatic rings. The largest absolute Gasteiger partial charge is 0.322 e. The Morgan fingerprint density at radius 3 is 2.50 bits per heavy atom. The number of carbonyl (C=O) groups excluding carboxylic acids is 1. The molecule has 1 aromatic heterocycles. The van der Waals surface area contributed by atoms with Crippen LogP contribution in [-0.4, -0.2) is 15.7 Å². The van der Waals surface area contributed by atoms with Gasteiger partial charge in [-0.25, -0.2) is 4.68 Å². The smallest absolute Gasteiger partial charge is 0.260 e. The molecule has 0 bridgehead atoms. The van der Waals surface area contributed by atoms with Gasteiger partial charge in [0.15, 0.2) is 0 Å². The average molecular weight is 360 g/mol. The lowest BCUT2D eigenvalue weighted by Gasteiger charge is -2.09. The second kappa shape index (κ2) is 6.67. The van der Waals surface area contributed by atoms with Crippen molar-refractivity contribution in [3.05, 3.63) is 75.5 Å². The van der Waals surface area contributed by atoms with Crippen LogP contribution in [0.4, 0.5) is 5.69 Å². The minimum absolute atomic E-state index is 0.274. The summed E-state index contributed by atoms with van der Waals surface area (Å²) in [5, 5.41) is 8.06. The summed E-state index contributed by atoms with van der Waals surface area (Å²) in [4.78, 5) is 12.7. The first-order valence-corrected chi connectivity index (χ1v) is 8.11. The number of hydrogen-bond donors (Lipinski definition) is 1. The fourth-order valence-electron chi connectivity index (χ4n) is 2.41. The van der Waals surface area contributed by atoms with E-state index in [1.54, 1.807) is 23.7 Å². The SMILES string of the molecule is Cc1ccc(Cl)cc1NC(=O)c1c(C)nn(-c2ccccc2)c1Cl. The number of benzene rings is 2. The van der Waals surface area contributed by atoms with Gasteiger partial charge in [0.1, 0.15) is 10.7 Å². The molecule has 122 valence electrons. The average Bonchev–Trinajstić information content (AvgIpc) is 2.86. The van der Waals surface area contributed by atoms with Gasteiger partial charge in [0.25, 0.3) is 5.91 Å².